The Bertz CT molecular complexity index is 686. The third kappa shape index (κ3) is 5.50. The lowest BCUT2D eigenvalue weighted by molar-refractivity contribution is 0.167. The standard InChI is InChI=1S/C20H24N2O3/c23-18(16-6-2-1-3-7-16)12-13-21-20(24)22-17-8-4-5-9-19(17)25-14-15-10-11-15/h1-9,15,18,23H,10-14H2,(H2,21,22,24). The van der Waals surface area contributed by atoms with E-state index in [4.69, 9.17) is 4.74 Å². The van der Waals surface area contributed by atoms with Crippen molar-refractivity contribution in [1.82, 2.24) is 5.32 Å². The summed E-state index contributed by atoms with van der Waals surface area (Å²) in [4.78, 5) is 12.1. The van der Waals surface area contributed by atoms with E-state index in [2.05, 4.69) is 10.6 Å². The molecule has 0 radical (unpaired) electrons. The van der Waals surface area contributed by atoms with Crippen molar-refractivity contribution in [3.63, 3.8) is 0 Å². The highest BCUT2D eigenvalue weighted by atomic mass is 16.5. The van der Waals surface area contributed by atoms with Crippen molar-refractivity contribution in [2.45, 2.75) is 25.4 Å². The monoisotopic (exact) mass is 340 g/mol. The molecule has 3 rings (SSSR count). The number of anilines is 1. The van der Waals surface area contributed by atoms with Crippen LogP contribution in [-0.4, -0.2) is 24.3 Å². The molecule has 5 nitrogen and oxygen atoms in total. The topological polar surface area (TPSA) is 70.6 Å². The Morgan fingerprint density at radius 3 is 2.60 bits per heavy atom. The van der Waals surface area contributed by atoms with Crippen LogP contribution in [0.5, 0.6) is 5.75 Å². The zero-order valence-corrected chi connectivity index (χ0v) is 14.2. The largest absolute Gasteiger partial charge is 0.491 e. The smallest absolute Gasteiger partial charge is 0.319 e. The van der Waals surface area contributed by atoms with Crippen LogP contribution in [0.25, 0.3) is 0 Å². The molecule has 1 aliphatic carbocycles. The van der Waals surface area contributed by atoms with E-state index in [0.717, 1.165) is 5.56 Å². The number of hydrogen-bond acceptors (Lipinski definition) is 3. The van der Waals surface area contributed by atoms with E-state index in [9.17, 15) is 9.90 Å². The molecule has 0 aliphatic heterocycles. The number of carbonyl (C=O) groups is 1. The van der Waals surface area contributed by atoms with Gasteiger partial charge in [0.05, 0.1) is 18.4 Å². The Morgan fingerprint density at radius 1 is 1.12 bits per heavy atom. The van der Waals surface area contributed by atoms with Gasteiger partial charge in [-0.15, -0.1) is 0 Å². The molecular weight excluding hydrogens is 316 g/mol. The summed E-state index contributed by atoms with van der Waals surface area (Å²) in [5.74, 6) is 1.34. The minimum absolute atomic E-state index is 0.303. The number of aliphatic hydroxyl groups is 1. The van der Waals surface area contributed by atoms with Gasteiger partial charge in [-0.25, -0.2) is 4.79 Å². The summed E-state index contributed by atoms with van der Waals surface area (Å²) in [7, 11) is 0. The molecule has 2 aromatic carbocycles. The first-order valence-electron chi connectivity index (χ1n) is 8.72. The zero-order chi connectivity index (χ0) is 17.5. The summed E-state index contributed by atoms with van der Waals surface area (Å²) in [5, 5.41) is 15.7. The van der Waals surface area contributed by atoms with Gasteiger partial charge in [0.2, 0.25) is 0 Å². The Kier molecular flexibility index (Phi) is 5.90. The molecule has 2 aromatic rings. The molecule has 0 spiro atoms. The number of amides is 2. The molecule has 3 N–H and O–H groups in total. The molecule has 132 valence electrons. The molecule has 0 saturated heterocycles. The fourth-order valence-corrected chi connectivity index (χ4v) is 2.52. The molecule has 1 atom stereocenters. The first kappa shape index (κ1) is 17.3. The van der Waals surface area contributed by atoms with Gasteiger partial charge in [0.15, 0.2) is 0 Å². The van der Waals surface area contributed by atoms with Crippen molar-refractivity contribution in [1.29, 1.82) is 0 Å². The van der Waals surface area contributed by atoms with Gasteiger partial charge in [-0.3, -0.25) is 0 Å². The molecule has 25 heavy (non-hydrogen) atoms. The molecule has 1 aliphatic rings. The van der Waals surface area contributed by atoms with Gasteiger partial charge in [0.25, 0.3) is 0 Å². The van der Waals surface area contributed by atoms with E-state index >= 15 is 0 Å². The van der Waals surface area contributed by atoms with Gasteiger partial charge in [0, 0.05) is 6.54 Å². The molecule has 0 aromatic heterocycles. The van der Waals surface area contributed by atoms with Crippen LogP contribution in [0.2, 0.25) is 0 Å². The zero-order valence-electron chi connectivity index (χ0n) is 14.2. The summed E-state index contributed by atoms with van der Waals surface area (Å²) in [6, 6.07) is 16.6. The average Bonchev–Trinajstić information content (AvgIpc) is 3.46. The van der Waals surface area contributed by atoms with Crippen LogP contribution in [0.4, 0.5) is 10.5 Å². The maximum absolute atomic E-state index is 12.1. The third-order valence-electron chi connectivity index (χ3n) is 4.19. The van der Waals surface area contributed by atoms with Crippen molar-refractivity contribution in [3.05, 3.63) is 60.2 Å². The Hall–Kier alpha value is -2.53. The lowest BCUT2D eigenvalue weighted by Gasteiger charge is -2.14. The van der Waals surface area contributed by atoms with Crippen LogP contribution in [-0.2, 0) is 0 Å². The number of nitrogens with one attached hydrogen (secondary N) is 2. The van der Waals surface area contributed by atoms with Gasteiger partial charge in [-0.05, 0) is 42.9 Å². The van der Waals surface area contributed by atoms with Crippen LogP contribution in [0.15, 0.2) is 54.6 Å². The van der Waals surface area contributed by atoms with Gasteiger partial charge in [-0.2, -0.15) is 0 Å². The minimum atomic E-state index is -0.587. The van der Waals surface area contributed by atoms with E-state index in [1.165, 1.54) is 12.8 Å². The maximum Gasteiger partial charge on any atom is 0.319 e. The fraction of sp³-hybridized carbons (Fsp3) is 0.350. The molecule has 1 fully saturated rings. The highest BCUT2D eigenvalue weighted by molar-refractivity contribution is 5.90. The SMILES string of the molecule is O=C(NCCC(O)c1ccccc1)Nc1ccccc1OCC1CC1. The van der Waals surface area contributed by atoms with Crippen LogP contribution in [0.1, 0.15) is 30.9 Å². The van der Waals surface area contributed by atoms with Gasteiger partial charge in [-0.1, -0.05) is 42.5 Å². The van der Waals surface area contributed by atoms with Gasteiger partial charge < -0.3 is 20.5 Å². The number of para-hydroxylation sites is 2. The average molecular weight is 340 g/mol. The maximum atomic E-state index is 12.1. The van der Waals surface area contributed by atoms with Crippen LogP contribution in [0, 0.1) is 5.92 Å². The first-order chi connectivity index (χ1) is 12.2. The second-order valence-corrected chi connectivity index (χ2v) is 6.35. The number of benzene rings is 2. The number of rotatable bonds is 8. The predicted molar refractivity (Wildman–Crippen MR) is 97.7 cm³/mol. The molecule has 2 amide bonds. The Balaban J connectivity index is 1.44. The van der Waals surface area contributed by atoms with E-state index < -0.39 is 6.10 Å². The van der Waals surface area contributed by atoms with Crippen molar-refractivity contribution >= 4 is 11.7 Å². The van der Waals surface area contributed by atoms with E-state index in [1.807, 2.05) is 54.6 Å². The van der Waals surface area contributed by atoms with Gasteiger partial charge >= 0.3 is 6.03 Å². The molecular formula is C20H24N2O3. The lowest BCUT2D eigenvalue weighted by atomic mass is 10.1. The molecule has 5 heteroatoms. The quantitative estimate of drug-likeness (QED) is 0.686. The minimum Gasteiger partial charge on any atom is -0.491 e. The van der Waals surface area contributed by atoms with E-state index in [1.54, 1.807) is 0 Å². The second-order valence-electron chi connectivity index (χ2n) is 6.35. The number of urea groups is 1. The van der Waals surface area contributed by atoms with Crippen LogP contribution >= 0.6 is 0 Å². The number of hydrogen-bond donors (Lipinski definition) is 3. The lowest BCUT2D eigenvalue weighted by Crippen LogP contribution is -2.30. The Morgan fingerprint density at radius 2 is 1.84 bits per heavy atom. The number of aliphatic hydroxyl groups excluding tert-OH is 1. The van der Waals surface area contributed by atoms with Crippen LogP contribution in [0.3, 0.4) is 0 Å². The normalized spacial score (nSPS) is 14.6. The van der Waals surface area contributed by atoms with Crippen molar-refractivity contribution in [3.8, 4) is 5.75 Å². The fourth-order valence-electron chi connectivity index (χ4n) is 2.52. The van der Waals surface area contributed by atoms with Crippen LogP contribution < -0.4 is 15.4 Å². The first-order valence-corrected chi connectivity index (χ1v) is 8.72. The highest BCUT2D eigenvalue weighted by Gasteiger charge is 2.22. The molecule has 1 unspecified atom stereocenters. The summed E-state index contributed by atoms with van der Waals surface area (Å²) in [6.45, 7) is 1.08. The van der Waals surface area contributed by atoms with Crippen molar-refractivity contribution in [2.75, 3.05) is 18.5 Å². The van der Waals surface area contributed by atoms with Crippen molar-refractivity contribution in [2.24, 2.45) is 5.92 Å². The molecule has 1 saturated carbocycles. The second kappa shape index (κ2) is 8.53. The number of ether oxygens (including phenoxy) is 1. The summed E-state index contributed by atoms with van der Waals surface area (Å²) in [6.07, 6.45) is 2.31. The van der Waals surface area contributed by atoms with E-state index in [0.29, 0.717) is 36.9 Å². The van der Waals surface area contributed by atoms with Crippen molar-refractivity contribution < 1.29 is 14.6 Å². The highest BCUT2D eigenvalue weighted by Crippen LogP contribution is 2.31. The summed E-state index contributed by atoms with van der Waals surface area (Å²) in [5.41, 5.74) is 1.51. The van der Waals surface area contributed by atoms with E-state index in [-0.39, 0.29) is 6.03 Å². The number of carbonyl (C=O) groups excluding carboxylic acids is 1. The summed E-state index contributed by atoms with van der Waals surface area (Å²) >= 11 is 0. The molecule has 0 heterocycles. The molecule has 0 bridgehead atoms. The predicted octanol–water partition coefficient (Wildman–Crippen LogP) is 3.72. The third-order valence-corrected chi connectivity index (χ3v) is 4.19. The Labute approximate surface area is 148 Å². The van der Waals surface area contributed by atoms with Gasteiger partial charge in [0.1, 0.15) is 5.75 Å². The summed E-state index contributed by atoms with van der Waals surface area (Å²) < 4.78 is 5.78.